The highest BCUT2D eigenvalue weighted by Crippen LogP contribution is 2.56. The van der Waals surface area contributed by atoms with Gasteiger partial charge in [-0.05, 0) is 110 Å². The summed E-state index contributed by atoms with van der Waals surface area (Å²) in [4.78, 5) is 8.60. The molecule has 12 rings (SSSR count). The number of anilines is 2. The Morgan fingerprint density at radius 2 is 1.72 bits per heavy atom. The molecule has 0 saturated heterocycles. The van der Waals surface area contributed by atoms with Crippen LogP contribution in [0.5, 0.6) is 0 Å². The SMILES string of the molecule is C1=CC2c3c4c(ccc5c4c4c(n(-c6ccc7cc(-c8cc9sccc9s8)ccc7c6)c6ccc1c3c46)=CC5)N2c1ccccn1. The molecule has 0 saturated carbocycles. The van der Waals surface area contributed by atoms with E-state index in [2.05, 4.69) is 118 Å². The van der Waals surface area contributed by atoms with Crippen LogP contribution in [-0.4, -0.2) is 9.55 Å². The van der Waals surface area contributed by atoms with Crippen molar-refractivity contribution >= 4 is 99.0 Å². The molecule has 3 aliphatic rings. The number of nitrogens with zero attached hydrogens (tertiary/aromatic N) is 3. The van der Waals surface area contributed by atoms with E-state index in [1.165, 1.54) is 96.5 Å². The number of aromatic nitrogens is 2. The van der Waals surface area contributed by atoms with Crippen LogP contribution in [-0.2, 0) is 6.42 Å². The quantitative estimate of drug-likeness (QED) is 0.183. The lowest BCUT2D eigenvalue weighted by Crippen LogP contribution is -2.19. The van der Waals surface area contributed by atoms with Gasteiger partial charge in [-0.25, -0.2) is 4.98 Å². The lowest BCUT2D eigenvalue weighted by molar-refractivity contribution is 0.877. The molecule has 1 unspecified atom stereocenters. The molecule has 0 fully saturated rings. The third-order valence-electron chi connectivity index (χ3n) is 10.5. The molecular weight excluding hydrogens is 599 g/mol. The molecule has 46 heavy (non-hydrogen) atoms. The largest absolute Gasteiger partial charge is 0.315 e. The van der Waals surface area contributed by atoms with Gasteiger partial charge in [0.25, 0.3) is 0 Å². The van der Waals surface area contributed by atoms with Crippen molar-refractivity contribution in [1.82, 2.24) is 9.55 Å². The lowest BCUT2D eigenvalue weighted by Gasteiger charge is -2.27. The van der Waals surface area contributed by atoms with Crippen LogP contribution >= 0.6 is 22.7 Å². The van der Waals surface area contributed by atoms with Crippen LogP contribution in [0.25, 0.3) is 80.9 Å². The number of benzene rings is 5. The van der Waals surface area contributed by atoms with Gasteiger partial charge >= 0.3 is 0 Å². The van der Waals surface area contributed by atoms with E-state index in [9.17, 15) is 0 Å². The van der Waals surface area contributed by atoms with Gasteiger partial charge in [-0.2, -0.15) is 0 Å². The van der Waals surface area contributed by atoms with E-state index < -0.39 is 0 Å². The van der Waals surface area contributed by atoms with Crippen molar-refractivity contribution < 1.29 is 0 Å². The smallest absolute Gasteiger partial charge is 0.133 e. The Hall–Kier alpha value is -5.23. The summed E-state index contributed by atoms with van der Waals surface area (Å²) in [5, 5.41) is 13.1. The lowest BCUT2D eigenvalue weighted by atomic mass is 9.83. The average Bonchev–Trinajstić information content (AvgIpc) is 3.87. The first-order valence-corrected chi connectivity index (χ1v) is 17.5. The summed E-state index contributed by atoms with van der Waals surface area (Å²) in [6.07, 6.45) is 10.0. The second kappa shape index (κ2) is 8.32. The molecule has 0 amide bonds. The molecule has 5 heteroatoms. The Bertz CT molecular complexity index is 2870. The van der Waals surface area contributed by atoms with Crippen LogP contribution in [0.1, 0.15) is 22.7 Å². The highest BCUT2D eigenvalue weighted by atomic mass is 32.1. The number of fused-ring (bicyclic) bond motifs is 2. The van der Waals surface area contributed by atoms with Gasteiger partial charge in [0.05, 0.1) is 22.6 Å². The van der Waals surface area contributed by atoms with Crippen molar-refractivity contribution in [2.75, 3.05) is 4.90 Å². The number of thiophene rings is 2. The predicted octanol–water partition coefficient (Wildman–Crippen LogP) is 10.7. The second-order valence-electron chi connectivity index (χ2n) is 12.7. The van der Waals surface area contributed by atoms with Crippen molar-refractivity contribution in [3.8, 4) is 16.1 Å². The minimum atomic E-state index is 0.134. The first kappa shape index (κ1) is 24.1. The van der Waals surface area contributed by atoms with E-state index in [4.69, 9.17) is 4.98 Å². The zero-order valence-electron chi connectivity index (χ0n) is 24.5. The first-order valence-electron chi connectivity index (χ1n) is 15.8. The zero-order valence-corrected chi connectivity index (χ0v) is 26.1. The molecule has 0 N–H and O–H groups in total. The molecule has 4 aromatic heterocycles. The average molecular weight is 622 g/mol. The van der Waals surface area contributed by atoms with E-state index in [0.29, 0.717) is 0 Å². The van der Waals surface area contributed by atoms with Crippen molar-refractivity contribution in [3.05, 3.63) is 131 Å². The van der Waals surface area contributed by atoms with Crippen molar-refractivity contribution in [1.29, 1.82) is 0 Å². The second-order valence-corrected chi connectivity index (χ2v) is 14.7. The first-order chi connectivity index (χ1) is 22.8. The Morgan fingerprint density at radius 3 is 2.65 bits per heavy atom. The van der Waals surface area contributed by atoms with Gasteiger partial charge in [-0.1, -0.05) is 54.6 Å². The van der Waals surface area contributed by atoms with Gasteiger partial charge in [0.1, 0.15) is 5.82 Å². The standard InChI is InChI=1S/C41H23N3S2/c1-2-17-42-35(3-1)44-30-14-9-22-7-12-28-38-36(22)40(30)41-31(44)15-10-23-8-13-29(39(38)37(23)41)43(28)27-11-6-24-19-26(5-4-25(24)20-27)33-21-34-32(46-33)16-18-45-34/h1-7,9-21,30H,8H2. The molecule has 5 aromatic carbocycles. The van der Waals surface area contributed by atoms with Gasteiger partial charge in [0.15, 0.2) is 0 Å². The predicted molar refractivity (Wildman–Crippen MR) is 196 cm³/mol. The Morgan fingerprint density at radius 1 is 0.761 bits per heavy atom. The van der Waals surface area contributed by atoms with Crippen molar-refractivity contribution in [3.63, 3.8) is 0 Å². The molecule has 1 atom stereocenters. The maximum atomic E-state index is 4.82. The van der Waals surface area contributed by atoms with E-state index in [1.54, 1.807) is 0 Å². The summed E-state index contributed by atoms with van der Waals surface area (Å²) in [5.41, 5.74) is 9.25. The number of pyridine rings is 1. The monoisotopic (exact) mass is 621 g/mol. The number of hydrogen-bond acceptors (Lipinski definition) is 4. The van der Waals surface area contributed by atoms with E-state index >= 15 is 0 Å². The molecule has 2 aliphatic carbocycles. The van der Waals surface area contributed by atoms with Crippen LogP contribution in [0.4, 0.5) is 11.5 Å². The third-order valence-corrected chi connectivity index (χ3v) is 12.6. The molecule has 1 aliphatic heterocycles. The molecule has 5 heterocycles. The molecule has 214 valence electrons. The summed E-state index contributed by atoms with van der Waals surface area (Å²) in [6.45, 7) is 0. The highest BCUT2D eigenvalue weighted by Gasteiger charge is 2.38. The summed E-state index contributed by atoms with van der Waals surface area (Å²) < 4.78 is 5.27. The third kappa shape index (κ3) is 2.87. The molecule has 0 radical (unpaired) electrons. The fourth-order valence-electron chi connectivity index (χ4n) is 8.61. The minimum absolute atomic E-state index is 0.134. The Labute approximate surface area is 271 Å². The van der Waals surface area contributed by atoms with Crippen LogP contribution in [0.2, 0.25) is 0 Å². The molecule has 9 aromatic rings. The number of rotatable bonds is 3. The Balaban J connectivity index is 1.12. The summed E-state index contributed by atoms with van der Waals surface area (Å²) in [6, 6.07) is 34.3. The summed E-state index contributed by atoms with van der Waals surface area (Å²) in [5.74, 6) is 1.00. The van der Waals surface area contributed by atoms with Gasteiger partial charge in [-0.15, -0.1) is 22.7 Å². The van der Waals surface area contributed by atoms with E-state index in [-0.39, 0.29) is 6.04 Å². The zero-order chi connectivity index (χ0) is 29.7. The summed E-state index contributed by atoms with van der Waals surface area (Å²) >= 11 is 3.71. The van der Waals surface area contributed by atoms with Crippen molar-refractivity contribution in [2.45, 2.75) is 12.5 Å². The molecule has 3 nitrogen and oxygen atoms in total. The van der Waals surface area contributed by atoms with Gasteiger partial charge in [0, 0.05) is 42.3 Å². The van der Waals surface area contributed by atoms with Gasteiger partial charge in [-0.3, -0.25) is 0 Å². The normalized spacial score (nSPS) is 16.0. The maximum Gasteiger partial charge on any atom is 0.133 e. The fraction of sp³-hybridized carbons (Fsp3) is 0.0488. The fourth-order valence-corrected chi connectivity index (χ4v) is 10.7. The van der Waals surface area contributed by atoms with Crippen molar-refractivity contribution in [2.24, 2.45) is 0 Å². The van der Waals surface area contributed by atoms with Gasteiger partial charge < -0.3 is 9.47 Å². The van der Waals surface area contributed by atoms with Gasteiger partial charge in [0.2, 0.25) is 0 Å². The minimum Gasteiger partial charge on any atom is -0.315 e. The number of hydrogen-bond donors (Lipinski definition) is 0. The van der Waals surface area contributed by atoms with Crippen LogP contribution in [0, 0.1) is 0 Å². The van der Waals surface area contributed by atoms with Crippen LogP contribution < -0.4 is 10.2 Å². The highest BCUT2D eigenvalue weighted by molar-refractivity contribution is 7.28. The van der Waals surface area contributed by atoms with E-state index in [1.807, 2.05) is 34.9 Å². The van der Waals surface area contributed by atoms with Crippen LogP contribution in [0.15, 0.2) is 109 Å². The molecular formula is C41H23N3S2. The Kier molecular flexibility index (Phi) is 4.35. The summed E-state index contributed by atoms with van der Waals surface area (Å²) in [7, 11) is 0. The molecule has 0 spiro atoms. The topological polar surface area (TPSA) is 21.1 Å². The van der Waals surface area contributed by atoms with E-state index in [0.717, 1.165) is 12.2 Å². The molecule has 0 bridgehead atoms. The maximum absolute atomic E-state index is 4.82. The van der Waals surface area contributed by atoms with Crippen LogP contribution in [0.3, 0.4) is 0 Å².